The fourth-order valence-corrected chi connectivity index (χ4v) is 1.49. The molecule has 98 valence electrons. The SMILES string of the molecule is COc1ccc(/C=N\NC(=O)c2n[nH][nH]c2=S)cc1. The Kier molecular flexibility index (Phi) is 4.04. The molecule has 1 aromatic heterocycles. The average Bonchev–Trinajstić information content (AvgIpc) is 2.86. The lowest BCUT2D eigenvalue weighted by molar-refractivity contribution is 0.0949. The molecular formula is C11H11N5O2S. The van der Waals surface area contributed by atoms with Gasteiger partial charge < -0.3 is 4.74 Å². The molecule has 0 fully saturated rings. The first kappa shape index (κ1) is 13.0. The Bertz CT molecular complexity index is 644. The minimum absolute atomic E-state index is 0.0990. The van der Waals surface area contributed by atoms with Crippen LogP contribution in [-0.4, -0.2) is 34.6 Å². The molecule has 19 heavy (non-hydrogen) atoms. The Morgan fingerprint density at radius 1 is 1.47 bits per heavy atom. The van der Waals surface area contributed by atoms with Gasteiger partial charge in [-0.05, 0) is 29.8 Å². The van der Waals surface area contributed by atoms with Crippen molar-refractivity contribution in [1.29, 1.82) is 0 Å². The monoisotopic (exact) mass is 277 g/mol. The van der Waals surface area contributed by atoms with E-state index in [1.807, 2.05) is 12.1 Å². The molecular weight excluding hydrogens is 266 g/mol. The van der Waals surface area contributed by atoms with Crippen molar-refractivity contribution in [3.8, 4) is 5.75 Å². The number of carbonyl (C=O) groups excluding carboxylic acids is 1. The molecule has 0 unspecified atom stereocenters. The van der Waals surface area contributed by atoms with Gasteiger partial charge in [-0.3, -0.25) is 9.89 Å². The molecule has 0 saturated heterocycles. The van der Waals surface area contributed by atoms with E-state index in [9.17, 15) is 4.79 Å². The van der Waals surface area contributed by atoms with Crippen LogP contribution < -0.4 is 10.2 Å². The minimum atomic E-state index is -0.479. The molecule has 7 nitrogen and oxygen atoms in total. The van der Waals surface area contributed by atoms with E-state index in [-0.39, 0.29) is 10.3 Å². The van der Waals surface area contributed by atoms with Crippen LogP contribution in [0.5, 0.6) is 5.75 Å². The van der Waals surface area contributed by atoms with Crippen LogP contribution in [-0.2, 0) is 0 Å². The van der Waals surface area contributed by atoms with Crippen molar-refractivity contribution < 1.29 is 9.53 Å². The molecule has 3 N–H and O–H groups in total. The highest BCUT2D eigenvalue weighted by atomic mass is 32.1. The van der Waals surface area contributed by atoms with Gasteiger partial charge in [-0.2, -0.15) is 10.2 Å². The molecule has 0 aliphatic rings. The molecule has 1 amide bonds. The summed E-state index contributed by atoms with van der Waals surface area (Å²) < 4.78 is 5.27. The highest BCUT2D eigenvalue weighted by Crippen LogP contribution is 2.09. The van der Waals surface area contributed by atoms with E-state index in [0.717, 1.165) is 11.3 Å². The molecule has 0 bridgehead atoms. The quantitative estimate of drug-likeness (QED) is 0.445. The molecule has 1 heterocycles. The number of benzene rings is 1. The number of aromatic amines is 2. The molecule has 2 aromatic rings. The van der Waals surface area contributed by atoms with Gasteiger partial charge in [-0.25, -0.2) is 10.6 Å². The molecule has 0 atom stereocenters. The number of hydrogen-bond acceptors (Lipinski definition) is 5. The summed E-state index contributed by atoms with van der Waals surface area (Å²) in [6.45, 7) is 0. The van der Waals surface area contributed by atoms with E-state index in [4.69, 9.17) is 17.0 Å². The third kappa shape index (κ3) is 3.26. The summed E-state index contributed by atoms with van der Waals surface area (Å²) in [5.74, 6) is 0.274. The topological polar surface area (TPSA) is 95.2 Å². The zero-order valence-electron chi connectivity index (χ0n) is 10.0. The number of carbonyl (C=O) groups is 1. The van der Waals surface area contributed by atoms with Crippen molar-refractivity contribution in [2.24, 2.45) is 5.10 Å². The summed E-state index contributed by atoms with van der Waals surface area (Å²) in [5, 5.41) is 12.4. The van der Waals surface area contributed by atoms with Gasteiger partial charge in [0.25, 0.3) is 5.91 Å². The number of hydrazone groups is 1. The van der Waals surface area contributed by atoms with Gasteiger partial charge in [0, 0.05) is 0 Å². The van der Waals surface area contributed by atoms with Gasteiger partial charge in [0.05, 0.1) is 13.3 Å². The maximum absolute atomic E-state index is 11.6. The third-order valence-corrected chi connectivity index (χ3v) is 2.56. The fraction of sp³-hybridized carbons (Fsp3) is 0.0909. The van der Waals surface area contributed by atoms with Gasteiger partial charge >= 0.3 is 0 Å². The summed E-state index contributed by atoms with van der Waals surface area (Å²) in [6, 6.07) is 7.23. The van der Waals surface area contributed by atoms with Crippen LogP contribution in [0.15, 0.2) is 29.4 Å². The highest BCUT2D eigenvalue weighted by molar-refractivity contribution is 7.71. The lowest BCUT2D eigenvalue weighted by Crippen LogP contribution is -2.18. The number of nitrogens with one attached hydrogen (secondary N) is 3. The first-order valence-electron chi connectivity index (χ1n) is 5.31. The zero-order valence-corrected chi connectivity index (χ0v) is 10.8. The molecule has 0 aliphatic heterocycles. The first-order chi connectivity index (χ1) is 9.20. The lowest BCUT2D eigenvalue weighted by atomic mass is 10.2. The van der Waals surface area contributed by atoms with Crippen LogP contribution in [0.3, 0.4) is 0 Å². The number of rotatable bonds is 4. The van der Waals surface area contributed by atoms with E-state index in [2.05, 4.69) is 25.9 Å². The van der Waals surface area contributed by atoms with Gasteiger partial charge in [-0.15, -0.1) is 0 Å². The van der Waals surface area contributed by atoms with E-state index in [1.165, 1.54) is 6.21 Å². The molecule has 1 aromatic carbocycles. The van der Waals surface area contributed by atoms with Crippen molar-refractivity contribution in [1.82, 2.24) is 20.8 Å². The predicted octanol–water partition coefficient (Wildman–Crippen LogP) is 1.24. The maximum atomic E-state index is 11.6. The predicted molar refractivity (Wildman–Crippen MR) is 71.8 cm³/mol. The Hall–Kier alpha value is -2.48. The van der Waals surface area contributed by atoms with E-state index >= 15 is 0 Å². The number of ether oxygens (including phenoxy) is 1. The second-order valence-electron chi connectivity index (χ2n) is 3.50. The standard InChI is InChI=1S/C11H11N5O2S/c1-18-8-4-2-7(3-5-8)6-12-14-10(17)9-11(19)15-16-13-9/h2-6H,1H3,(H,14,17)(H2,13,15,16,19)/b12-6-. The second kappa shape index (κ2) is 5.91. The molecule has 0 spiro atoms. The molecule has 0 radical (unpaired) electrons. The number of amides is 1. The Labute approximate surface area is 113 Å². The first-order valence-corrected chi connectivity index (χ1v) is 5.72. The van der Waals surface area contributed by atoms with E-state index < -0.39 is 5.91 Å². The van der Waals surface area contributed by atoms with Gasteiger partial charge in [-0.1, -0.05) is 12.2 Å². The highest BCUT2D eigenvalue weighted by Gasteiger charge is 2.09. The van der Waals surface area contributed by atoms with Gasteiger partial charge in [0.1, 0.15) is 5.75 Å². The smallest absolute Gasteiger partial charge is 0.294 e. The van der Waals surface area contributed by atoms with Crippen LogP contribution in [0.4, 0.5) is 0 Å². The maximum Gasteiger partial charge on any atom is 0.294 e. The van der Waals surface area contributed by atoms with Gasteiger partial charge in [0.2, 0.25) is 0 Å². The Morgan fingerprint density at radius 2 is 2.21 bits per heavy atom. The van der Waals surface area contributed by atoms with Crippen molar-refractivity contribution in [3.05, 3.63) is 40.2 Å². The van der Waals surface area contributed by atoms with Crippen LogP contribution in [0.1, 0.15) is 16.1 Å². The number of H-pyrrole nitrogens is 2. The van der Waals surface area contributed by atoms with Crippen molar-refractivity contribution in [3.63, 3.8) is 0 Å². The average molecular weight is 277 g/mol. The Balaban J connectivity index is 1.98. The summed E-state index contributed by atoms with van der Waals surface area (Å²) in [6.07, 6.45) is 1.51. The Morgan fingerprint density at radius 3 is 2.79 bits per heavy atom. The molecule has 0 aliphatic carbocycles. The second-order valence-corrected chi connectivity index (χ2v) is 3.91. The fourth-order valence-electron chi connectivity index (χ4n) is 1.31. The summed E-state index contributed by atoms with van der Waals surface area (Å²) in [7, 11) is 1.59. The number of methoxy groups -OCH3 is 1. The molecule has 8 heteroatoms. The number of aromatic nitrogens is 3. The summed E-state index contributed by atoms with van der Waals surface area (Å²) in [5.41, 5.74) is 3.26. The summed E-state index contributed by atoms with van der Waals surface area (Å²) >= 11 is 4.86. The minimum Gasteiger partial charge on any atom is -0.497 e. The third-order valence-electron chi connectivity index (χ3n) is 2.26. The molecule has 2 rings (SSSR count). The van der Waals surface area contributed by atoms with Crippen LogP contribution in [0.25, 0.3) is 0 Å². The largest absolute Gasteiger partial charge is 0.497 e. The lowest BCUT2D eigenvalue weighted by Gasteiger charge is -1.99. The summed E-state index contributed by atoms with van der Waals surface area (Å²) in [4.78, 5) is 11.6. The zero-order chi connectivity index (χ0) is 13.7. The van der Waals surface area contributed by atoms with E-state index in [0.29, 0.717) is 0 Å². The molecule has 0 saturated carbocycles. The van der Waals surface area contributed by atoms with Crippen LogP contribution in [0.2, 0.25) is 0 Å². The van der Waals surface area contributed by atoms with Crippen LogP contribution in [0, 0.1) is 4.64 Å². The number of hydrogen-bond donors (Lipinski definition) is 3. The van der Waals surface area contributed by atoms with Crippen molar-refractivity contribution in [2.45, 2.75) is 0 Å². The van der Waals surface area contributed by atoms with Crippen molar-refractivity contribution >= 4 is 24.3 Å². The van der Waals surface area contributed by atoms with E-state index in [1.54, 1.807) is 19.2 Å². The number of nitrogens with zero attached hydrogens (tertiary/aromatic N) is 2. The van der Waals surface area contributed by atoms with Crippen molar-refractivity contribution in [2.75, 3.05) is 7.11 Å². The van der Waals surface area contributed by atoms with Gasteiger partial charge in [0.15, 0.2) is 10.3 Å². The normalized spacial score (nSPS) is 10.6. The van der Waals surface area contributed by atoms with Crippen LogP contribution >= 0.6 is 12.2 Å².